The van der Waals surface area contributed by atoms with E-state index in [0.717, 1.165) is 6.07 Å². The standard InChI is InChI=1S/C13H12F4N4/c14-8-2-3-10(18)9(5-8)12-20-19-11-4-1-7(6-21(11)12)13(15,16)17/h2-3,5,7H,1,4,6,18H2. The second-order valence-corrected chi connectivity index (χ2v) is 5.06. The summed E-state index contributed by atoms with van der Waals surface area (Å²) in [5.41, 5.74) is 6.28. The predicted octanol–water partition coefficient (Wildman–Crippen LogP) is 2.79. The monoisotopic (exact) mass is 300 g/mol. The lowest BCUT2D eigenvalue weighted by Gasteiger charge is -2.26. The Labute approximate surface area is 117 Å². The van der Waals surface area contributed by atoms with Crippen molar-refractivity contribution in [1.29, 1.82) is 0 Å². The molecule has 1 aromatic carbocycles. The van der Waals surface area contributed by atoms with Crippen LogP contribution in [0, 0.1) is 11.7 Å². The Morgan fingerprint density at radius 3 is 2.71 bits per heavy atom. The van der Waals surface area contributed by atoms with Crippen LogP contribution < -0.4 is 5.73 Å². The molecule has 0 saturated heterocycles. The maximum Gasteiger partial charge on any atom is 0.393 e. The first-order chi connectivity index (χ1) is 9.86. The van der Waals surface area contributed by atoms with Crippen molar-refractivity contribution < 1.29 is 17.6 Å². The number of hydrogen-bond acceptors (Lipinski definition) is 3. The van der Waals surface area contributed by atoms with Crippen LogP contribution in [-0.4, -0.2) is 20.9 Å². The molecule has 2 aromatic rings. The molecule has 1 aliphatic heterocycles. The van der Waals surface area contributed by atoms with Gasteiger partial charge >= 0.3 is 6.18 Å². The van der Waals surface area contributed by atoms with Crippen LogP contribution in [0.4, 0.5) is 23.2 Å². The summed E-state index contributed by atoms with van der Waals surface area (Å²) in [5, 5.41) is 7.77. The van der Waals surface area contributed by atoms with Crippen LogP contribution in [0.25, 0.3) is 11.4 Å². The minimum absolute atomic E-state index is 0.0136. The Kier molecular flexibility index (Phi) is 3.11. The van der Waals surface area contributed by atoms with Gasteiger partial charge in [0.15, 0.2) is 5.82 Å². The zero-order chi connectivity index (χ0) is 15.2. The highest BCUT2D eigenvalue weighted by molar-refractivity contribution is 5.71. The second-order valence-electron chi connectivity index (χ2n) is 5.06. The highest BCUT2D eigenvalue weighted by Gasteiger charge is 2.42. The van der Waals surface area contributed by atoms with Crippen molar-refractivity contribution in [3.63, 3.8) is 0 Å². The van der Waals surface area contributed by atoms with Gasteiger partial charge in [0.2, 0.25) is 0 Å². The normalized spacial score (nSPS) is 18.6. The topological polar surface area (TPSA) is 56.7 Å². The number of nitrogens with two attached hydrogens (primary N) is 1. The van der Waals surface area contributed by atoms with E-state index in [1.54, 1.807) is 0 Å². The number of aryl methyl sites for hydroxylation is 1. The zero-order valence-corrected chi connectivity index (χ0v) is 10.9. The minimum Gasteiger partial charge on any atom is -0.398 e. The fraction of sp³-hybridized carbons (Fsp3) is 0.385. The number of nitrogens with zero attached hydrogens (tertiary/aromatic N) is 3. The molecule has 2 heterocycles. The summed E-state index contributed by atoms with van der Waals surface area (Å²) in [6, 6.07) is 3.70. The summed E-state index contributed by atoms with van der Waals surface area (Å²) in [5.74, 6) is -1.33. The summed E-state index contributed by atoms with van der Waals surface area (Å²) in [6.45, 7) is -0.267. The van der Waals surface area contributed by atoms with E-state index in [4.69, 9.17) is 5.73 Å². The molecule has 21 heavy (non-hydrogen) atoms. The molecular formula is C13H12F4N4. The van der Waals surface area contributed by atoms with Gasteiger partial charge in [-0.3, -0.25) is 0 Å². The van der Waals surface area contributed by atoms with Crippen molar-refractivity contribution in [1.82, 2.24) is 14.8 Å². The second kappa shape index (κ2) is 4.71. The summed E-state index contributed by atoms with van der Waals surface area (Å²) >= 11 is 0. The third-order valence-corrected chi connectivity index (χ3v) is 3.67. The first kappa shape index (κ1) is 13.8. The van der Waals surface area contributed by atoms with Crippen molar-refractivity contribution in [3.8, 4) is 11.4 Å². The average Bonchev–Trinajstić information content (AvgIpc) is 2.83. The molecule has 1 aliphatic rings. The summed E-state index contributed by atoms with van der Waals surface area (Å²) in [7, 11) is 0. The highest BCUT2D eigenvalue weighted by Crippen LogP contribution is 2.36. The van der Waals surface area contributed by atoms with E-state index in [2.05, 4.69) is 10.2 Å². The Hall–Kier alpha value is -2.12. The molecule has 1 unspecified atom stereocenters. The van der Waals surface area contributed by atoms with Crippen molar-refractivity contribution in [2.24, 2.45) is 5.92 Å². The molecule has 0 fully saturated rings. The molecule has 0 bridgehead atoms. The van der Waals surface area contributed by atoms with Crippen LogP contribution in [-0.2, 0) is 13.0 Å². The van der Waals surface area contributed by atoms with Gasteiger partial charge in [0.05, 0.1) is 5.92 Å². The van der Waals surface area contributed by atoms with Gasteiger partial charge in [-0.1, -0.05) is 0 Å². The van der Waals surface area contributed by atoms with E-state index < -0.39 is 17.9 Å². The minimum atomic E-state index is -4.27. The van der Waals surface area contributed by atoms with Gasteiger partial charge in [0, 0.05) is 24.2 Å². The summed E-state index contributed by atoms with van der Waals surface area (Å²) < 4.78 is 53.4. The number of rotatable bonds is 1. The first-order valence-electron chi connectivity index (χ1n) is 6.40. The van der Waals surface area contributed by atoms with Gasteiger partial charge in [-0.15, -0.1) is 10.2 Å². The van der Waals surface area contributed by atoms with Gasteiger partial charge in [-0.2, -0.15) is 13.2 Å². The van der Waals surface area contributed by atoms with Crippen molar-refractivity contribution >= 4 is 5.69 Å². The molecule has 0 saturated carbocycles. The van der Waals surface area contributed by atoms with Gasteiger partial charge < -0.3 is 10.3 Å². The van der Waals surface area contributed by atoms with Crippen molar-refractivity contribution in [3.05, 3.63) is 29.8 Å². The SMILES string of the molecule is Nc1ccc(F)cc1-c1nnc2n1CC(C(F)(F)F)CC2. The maximum atomic E-state index is 13.3. The van der Waals surface area contributed by atoms with E-state index in [0.29, 0.717) is 5.82 Å². The average molecular weight is 300 g/mol. The first-order valence-corrected chi connectivity index (χ1v) is 6.40. The van der Waals surface area contributed by atoms with E-state index in [1.165, 1.54) is 16.7 Å². The van der Waals surface area contributed by atoms with E-state index in [1.807, 2.05) is 0 Å². The molecule has 3 rings (SSSR count). The Morgan fingerprint density at radius 2 is 2.00 bits per heavy atom. The van der Waals surface area contributed by atoms with E-state index >= 15 is 0 Å². The summed E-state index contributed by atoms with van der Waals surface area (Å²) in [4.78, 5) is 0. The fourth-order valence-electron chi connectivity index (χ4n) is 2.52. The highest BCUT2D eigenvalue weighted by atomic mass is 19.4. The summed E-state index contributed by atoms with van der Waals surface area (Å²) in [6.07, 6.45) is -4.10. The molecule has 2 N–H and O–H groups in total. The molecule has 112 valence electrons. The van der Waals surface area contributed by atoms with E-state index in [-0.39, 0.29) is 36.5 Å². The van der Waals surface area contributed by atoms with Crippen LogP contribution in [0.5, 0.6) is 0 Å². The third kappa shape index (κ3) is 2.45. The number of fused-ring (bicyclic) bond motifs is 1. The number of nitrogen functional groups attached to an aromatic ring is 1. The van der Waals surface area contributed by atoms with Crippen LogP contribution in [0.1, 0.15) is 12.2 Å². The third-order valence-electron chi connectivity index (χ3n) is 3.67. The number of halogens is 4. The molecule has 8 heteroatoms. The lowest BCUT2D eigenvalue weighted by molar-refractivity contribution is -0.182. The Balaban J connectivity index is 2.04. The number of hydrogen-bond donors (Lipinski definition) is 1. The maximum absolute atomic E-state index is 13.3. The molecule has 1 aromatic heterocycles. The molecule has 4 nitrogen and oxygen atoms in total. The predicted molar refractivity (Wildman–Crippen MR) is 67.7 cm³/mol. The Bertz CT molecular complexity index is 677. The Morgan fingerprint density at radius 1 is 1.24 bits per heavy atom. The molecule has 0 spiro atoms. The molecule has 1 atom stereocenters. The quantitative estimate of drug-likeness (QED) is 0.651. The van der Waals surface area contributed by atoms with Crippen LogP contribution in [0.2, 0.25) is 0 Å². The smallest absolute Gasteiger partial charge is 0.393 e. The number of alkyl halides is 3. The fourth-order valence-corrected chi connectivity index (χ4v) is 2.52. The molecular weight excluding hydrogens is 288 g/mol. The van der Waals surface area contributed by atoms with Crippen molar-refractivity contribution in [2.75, 3.05) is 5.73 Å². The van der Waals surface area contributed by atoms with Gasteiger partial charge in [0.25, 0.3) is 0 Å². The largest absolute Gasteiger partial charge is 0.398 e. The molecule has 0 radical (unpaired) electrons. The number of anilines is 1. The van der Waals surface area contributed by atoms with E-state index in [9.17, 15) is 17.6 Å². The molecule has 0 amide bonds. The number of aromatic nitrogens is 3. The van der Waals surface area contributed by atoms with Crippen molar-refractivity contribution in [2.45, 2.75) is 25.6 Å². The van der Waals surface area contributed by atoms with Gasteiger partial charge in [-0.05, 0) is 24.6 Å². The molecule has 0 aliphatic carbocycles. The van der Waals surface area contributed by atoms with Crippen LogP contribution in [0.15, 0.2) is 18.2 Å². The zero-order valence-electron chi connectivity index (χ0n) is 10.9. The van der Waals surface area contributed by atoms with Gasteiger partial charge in [-0.25, -0.2) is 4.39 Å². The van der Waals surface area contributed by atoms with Gasteiger partial charge in [0.1, 0.15) is 11.6 Å². The van der Waals surface area contributed by atoms with Crippen LogP contribution in [0.3, 0.4) is 0 Å². The lowest BCUT2D eigenvalue weighted by Crippen LogP contribution is -2.32. The lowest BCUT2D eigenvalue weighted by atomic mass is 9.98. The number of benzene rings is 1. The van der Waals surface area contributed by atoms with Crippen LogP contribution >= 0.6 is 0 Å².